The molecule has 0 unspecified atom stereocenters. The summed E-state index contributed by atoms with van der Waals surface area (Å²) in [5, 5.41) is 2.27. The highest BCUT2D eigenvalue weighted by Crippen LogP contribution is 2.09. The molecule has 18 heavy (non-hydrogen) atoms. The molecule has 100 valence electrons. The van der Waals surface area contributed by atoms with Crippen LogP contribution in [0.15, 0.2) is 30.3 Å². The van der Waals surface area contributed by atoms with Crippen molar-refractivity contribution in [2.24, 2.45) is 0 Å². The van der Waals surface area contributed by atoms with Gasteiger partial charge in [0.25, 0.3) is 0 Å². The van der Waals surface area contributed by atoms with E-state index in [-0.39, 0.29) is 0 Å². The van der Waals surface area contributed by atoms with Crippen molar-refractivity contribution >= 4 is 0 Å². The molecule has 0 aliphatic carbocycles. The molecule has 0 radical (unpaired) electrons. The highest BCUT2D eigenvalue weighted by atomic mass is 15.7. The summed E-state index contributed by atoms with van der Waals surface area (Å²) in [6.45, 7) is 3.37. The first kappa shape index (κ1) is 13.5. The van der Waals surface area contributed by atoms with Crippen molar-refractivity contribution in [2.45, 2.75) is 38.5 Å². The highest BCUT2D eigenvalue weighted by molar-refractivity contribution is 5.14. The Balaban J connectivity index is 1.42. The minimum atomic E-state index is 1.07. The molecule has 1 saturated heterocycles. The van der Waals surface area contributed by atoms with E-state index < -0.39 is 0 Å². The summed E-state index contributed by atoms with van der Waals surface area (Å²) in [6, 6.07) is 10.8. The monoisotopic (exact) mass is 247 g/mol. The molecule has 1 heterocycles. The van der Waals surface area contributed by atoms with Crippen LogP contribution >= 0.6 is 0 Å². The maximum absolute atomic E-state index is 3.16. The topological polar surface area (TPSA) is 27.3 Å². The van der Waals surface area contributed by atoms with Crippen LogP contribution in [0.4, 0.5) is 0 Å². The lowest BCUT2D eigenvalue weighted by atomic mass is 10.1. The van der Waals surface area contributed by atoms with E-state index in [2.05, 4.69) is 46.3 Å². The number of hydrogen-bond acceptors (Lipinski definition) is 3. The maximum atomic E-state index is 3.16. The second kappa shape index (κ2) is 8.25. The molecular weight excluding hydrogens is 222 g/mol. The third-order valence-electron chi connectivity index (χ3n) is 3.48. The van der Waals surface area contributed by atoms with Gasteiger partial charge in [0.05, 0.1) is 0 Å². The first-order chi connectivity index (χ1) is 8.95. The lowest BCUT2D eigenvalue weighted by Gasteiger charge is -2.13. The van der Waals surface area contributed by atoms with Crippen molar-refractivity contribution in [3.8, 4) is 0 Å². The largest absolute Gasteiger partial charge is 0.243 e. The molecule has 0 saturated carbocycles. The summed E-state index contributed by atoms with van der Waals surface area (Å²) in [5.74, 6) is 0. The summed E-state index contributed by atoms with van der Waals surface area (Å²) in [4.78, 5) is 0. The Hall–Kier alpha value is -0.900. The predicted octanol–water partition coefficient (Wildman–Crippen LogP) is 2.50. The van der Waals surface area contributed by atoms with Crippen LogP contribution < -0.4 is 11.0 Å². The minimum absolute atomic E-state index is 1.07. The van der Waals surface area contributed by atoms with E-state index in [1.54, 1.807) is 0 Å². The molecule has 3 nitrogen and oxygen atoms in total. The van der Waals surface area contributed by atoms with Gasteiger partial charge < -0.3 is 0 Å². The molecule has 0 atom stereocenters. The minimum Gasteiger partial charge on any atom is -0.243 e. The van der Waals surface area contributed by atoms with Gasteiger partial charge in [0, 0.05) is 19.6 Å². The second-order valence-electron chi connectivity index (χ2n) is 5.03. The van der Waals surface area contributed by atoms with Gasteiger partial charge in [-0.3, -0.25) is 0 Å². The number of rotatable bonds is 8. The van der Waals surface area contributed by atoms with E-state index in [0.29, 0.717) is 0 Å². The smallest absolute Gasteiger partial charge is 0.0284 e. The molecule has 0 amide bonds. The van der Waals surface area contributed by atoms with Crippen molar-refractivity contribution in [1.82, 2.24) is 16.0 Å². The molecule has 0 bridgehead atoms. The fourth-order valence-electron chi connectivity index (χ4n) is 2.39. The summed E-state index contributed by atoms with van der Waals surface area (Å²) in [7, 11) is 0. The number of hydrogen-bond donors (Lipinski definition) is 2. The number of unbranched alkanes of at least 4 members (excludes halogenated alkanes) is 4. The molecule has 2 rings (SSSR count). The predicted molar refractivity (Wildman–Crippen MR) is 75.9 cm³/mol. The Labute approximate surface area is 111 Å². The fraction of sp³-hybridized carbons (Fsp3) is 0.600. The zero-order chi connectivity index (χ0) is 12.5. The average Bonchev–Trinajstić information content (AvgIpc) is 2.92. The summed E-state index contributed by atoms with van der Waals surface area (Å²) >= 11 is 0. The van der Waals surface area contributed by atoms with Gasteiger partial charge in [-0.15, -0.1) is 0 Å². The van der Waals surface area contributed by atoms with Crippen molar-refractivity contribution < 1.29 is 0 Å². The number of nitrogens with zero attached hydrogens (tertiary/aromatic N) is 1. The van der Waals surface area contributed by atoms with Crippen LogP contribution in [-0.4, -0.2) is 24.6 Å². The molecule has 1 aromatic rings. The Kier molecular flexibility index (Phi) is 6.20. The van der Waals surface area contributed by atoms with Crippen LogP contribution in [0, 0.1) is 0 Å². The fourth-order valence-corrected chi connectivity index (χ4v) is 2.39. The van der Waals surface area contributed by atoms with Crippen LogP contribution in [0.3, 0.4) is 0 Å². The Bertz CT molecular complexity index is 307. The molecule has 1 fully saturated rings. The molecule has 1 aromatic carbocycles. The number of nitrogens with one attached hydrogen (secondary N) is 2. The van der Waals surface area contributed by atoms with Gasteiger partial charge in [-0.25, -0.2) is 10.4 Å². The third-order valence-corrected chi connectivity index (χ3v) is 3.48. The third kappa shape index (κ3) is 5.17. The van der Waals surface area contributed by atoms with Gasteiger partial charge in [0.1, 0.15) is 0 Å². The SMILES string of the molecule is c1ccc(CCCCCCCN2CCNN2)cc1. The van der Waals surface area contributed by atoms with Gasteiger partial charge in [-0.05, 0) is 24.8 Å². The van der Waals surface area contributed by atoms with E-state index in [0.717, 1.165) is 13.1 Å². The molecule has 1 aliphatic rings. The Morgan fingerprint density at radius 1 is 0.944 bits per heavy atom. The lowest BCUT2D eigenvalue weighted by Crippen LogP contribution is -2.36. The van der Waals surface area contributed by atoms with Crippen LogP contribution in [0.2, 0.25) is 0 Å². The lowest BCUT2D eigenvalue weighted by molar-refractivity contribution is 0.228. The van der Waals surface area contributed by atoms with E-state index in [9.17, 15) is 0 Å². The second-order valence-corrected chi connectivity index (χ2v) is 5.03. The Morgan fingerprint density at radius 2 is 1.72 bits per heavy atom. The van der Waals surface area contributed by atoms with E-state index in [4.69, 9.17) is 0 Å². The Morgan fingerprint density at radius 3 is 2.50 bits per heavy atom. The van der Waals surface area contributed by atoms with Gasteiger partial charge in [0.2, 0.25) is 0 Å². The summed E-state index contributed by atoms with van der Waals surface area (Å²) < 4.78 is 0. The maximum Gasteiger partial charge on any atom is 0.0284 e. The summed E-state index contributed by atoms with van der Waals surface area (Å²) in [5.41, 5.74) is 7.77. The van der Waals surface area contributed by atoms with Crippen molar-refractivity contribution in [2.75, 3.05) is 19.6 Å². The van der Waals surface area contributed by atoms with Gasteiger partial charge >= 0.3 is 0 Å². The summed E-state index contributed by atoms with van der Waals surface area (Å²) in [6.07, 6.45) is 7.95. The molecule has 0 aromatic heterocycles. The molecule has 2 N–H and O–H groups in total. The zero-order valence-corrected chi connectivity index (χ0v) is 11.2. The zero-order valence-electron chi connectivity index (χ0n) is 11.2. The number of hydrazine groups is 2. The van der Waals surface area contributed by atoms with Crippen molar-refractivity contribution in [1.29, 1.82) is 0 Å². The van der Waals surface area contributed by atoms with Gasteiger partial charge in [-0.1, -0.05) is 49.6 Å². The van der Waals surface area contributed by atoms with Crippen LogP contribution in [-0.2, 0) is 6.42 Å². The normalized spacial score (nSPS) is 16.2. The van der Waals surface area contributed by atoms with E-state index in [1.807, 2.05) is 0 Å². The van der Waals surface area contributed by atoms with Crippen LogP contribution in [0.5, 0.6) is 0 Å². The van der Waals surface area contributed by atoms with E-state index in [1.165, 1.54) is 50.6 Å². The first-order valence-corrected chi connectivity index (χ1v) is 7.22. The molecule has 1 aliphatic heterocycles. The average molecular weight is 247 g/mol. The van der Waals surface area contributed by atoms with Crippen LogP contribution in [0.25, 0.3) is 0 Å². The number of aryl methyl sites for hydroxylation is 1. The van der Waals surface area contributed by atoms with Crippen LogP contribution in [0.1, 0.15) is 37.7 Å². The van der Waals surface area contributed by atoms with Crippen molar-refractivity contribution in [3.05, 3.63) is 35.9 Å². The standard InChI is InChI=1S/C15H25N3/c1(3-8-13-18-14-12-16-17-18)2-5-9-15-10-6-4-7-11-15/h4,6-7,10-11,16-17H,1-3,5,8-9,12-14H2. The molecular formula is C15H25N3. The van der Waals surface area contributed by atoms with E-state index >= 15 is 0 Å². The molecule has 0 spiro atoms. The van der Waals surface area contributed by atoms with Gasteiger partial charge in [-0.2, -0.15) is 5.53 Å². The van der Waals surface area contributed by atoms with Crippen molar-refractivity contribution in [3.63, 3.8) is 0 Å². The quantitative estimate of drug-likeness (QED) is 0.691. The molecule has 3 heteroatoms. The number of benzene rings is 1. The van der Waals surface area contributed by atoms with Gasteiger partial charge in [0.15, 0.2) is 0 Å². The highest BCUT2D eigenvalue weighted by Gasteiger charge is 2.08. The first-order valence-electron chi connectivity index (χ1n) is 7.22.